The van der Waals surface area contributed by atoms with Crippen LogP contribution < -0.4 is 0 Å². The van der Waals surface area contributed by atoms with Crippen LogP contribution in [0.3, 0.4) is 0 Å². The summed E-state index contributed by atoms with van der Waals surface area (Å²) in [5.74, 6) is 1.19. The van der Waals surface area contributed by atoms with Crippen LogP contribution in [0.1, 0.15) is 31.5 Å². The number of hydrogen-bond donors (Lipinski definition) is 0. The number of carbonyl (C=O) groups is 1. The van der Waals surface area contributed by atoms with Gasteiger partial charge in [0.15, 0.2) is 0 Å². The molecule has 2 aromatic carbocycles. The van der Waals surface area contributed by atoms with E-state index >= 15 is 0 Å². The van der Waals surface area contributed by atoms with Crippen LogP contribution in [0.2, 0.25) is 0 Å². The molecule has 0 bridgehead atoms. The highest BCUT2D eigenvalue weighted by Gasteiger charge is 2.36. The van der Waals surface area contributed by atoms with Crippen molar-refractivity contribution in [3.8, 4) is 5.69 Å². The Balaban J connectivity index is 1.08. The maximum absolute atomic E-state index is 13.5. The summed E-state index contributed by atoms with van der Waals surface area (Å²) in [4.78, 5) is 15.6. The molecule has 0 spiro atoms. The standard InChI is InChI=1S/C26H29N7O3S2/c34-26(20-11-14-32(15-12-20)38(35,36)23-10-4-9-22-25(23)30-37-29-22)31-13-5-6-19(17-31)16-24-28-27-18-33(24)21-7-2-1-3-8-21/h1-4,7-10,18-20H,5-6,11-17H2. The minimum atomic E-state index is -3.70. The van der Waals surface area contributed by atoms with Gasteiger partial charge in [-0.2, -0.15) is 13.1 Å². The van der Waals surface area contributed by atoms with Crippen molar-refractivity contribution < 1.29 is 13.2 Å². The van der Waals surface area contributed by atoms with Crippen LogP contribution in [0.5, 0.6) is 0 Å². The number of benzene rings is 2. The zero-order valence-corrected chi connectivity index (χ0v) is 22.5. The third-order valence-corrected chi connectivity index (χ3v) is 10.1. The zero-order valence-electron chi connectivity index (χ0n) is 20.9. The number of para-hydroxylation sites is 1. The molecule has 38 heavy (non-hydrogen) atoms. The van der Waals surface area contributed by atoms with Crippen molar-refractivity contribution >= 4 is 38.7 Å². The van der Waals surface area contributed by atoms with Crippen LogP contribution in [0.25, 0.3) is 16.7 Å². The van der Waals surface area contributed by atoms with Gasteiger partial charge in [-0.3, -0.25) is 9.36 Å². The van der Waals surface area contributed by atoms with E-state index in [4.69, 9.17) is 0 Å². The average molecular weight is 552 g/mol. The molecule has 2 aromatic heterocycles. The Bertz CT molecular complexity index is 1530. The highest BCUT2D eigenvalue weighted by molar-refractivity contribution is 7.89. The van der Waals surface area contributed by atoms with Crippen LogP contribution in [0.15, 0.2) is 59.8 Å². The van der Waals surface area contributed by atoms with Crippen LogP contribution in [-0.4, -0.2) is 73.2 Å². The lowest BCUT2D eigenvalue weighted by atomic mass is 9.91. The number of aromatic nitrogens is 5. The van der Waals surface area contributed by atoms with Crippen molar-refractivity contribution in [1.82, 2.24) is 32.7 Å². The molecule has 1 unspecified atom stereocenters. The average Bonchev–Trinajstić information content (AvgIpc) is 3.63. The summed E-state index contributed by atoms with van der Waals surface area (Å²) in [5.41, 5.74) is 2.03. The van der Waals surface area contributed by atoms with Gasteiger partial charge in [0, 0.05) is 44.2 Å². The van der Waals surface area contributed by atoms with E-state index < -0.39 is 10.0 Å². The van der Waals surface area contributed by atoms with E-state index in [1.54, 1.807) is 24.5 Å². The summed E-state index contributed by atoms with van der Waals surface area (Å²) in [6, 6.07) is 15.1. The van der Waals surface area contributed by atoms with Gasteiger partial charge < -0.3 is 4.90 Å². The van der Waals surface area contributed by atoms with Crippen molar-refractivity contribution in [3.05, 3.63) is 60.7 Å². The first-order valence-electron chi connectivity index (χ1n) is 13.0. The zero-order chi connectivity index (χ0) is 26.1. The van der Waals surface area contributed by atoms with Gasteiger partial charge in [-0.15, -0.1) is 10.2 Å². The maximum atomic E-state index is 13.5. The normalized spacial score (nSPS) is 19.7. The van der Waals surface area contributed by atoms with E-state index in [0.29, 0.717) is 49.4 Å². The molecular formula is C26H29N7O3S2. The molecule has 2 aliphatic heterocycles. The smallest absolute Gasteiger partial charge is 0.245 e. The first-order chi connectivity index (χ1) is 18.5. The molecule has 1 atom stereocenters. The first kappa shape index (κ1) is 25.1. The van der Waals surface area contributed by atoms with E-state index in [0.717, 1.165) is 49.0 Å². The number of likely N-dealkylation sites (tertiary alicyclic amines) is 1. The van der Waals surface area contributed by atoms with Gasteiger partial charge in [0.2, 0.25) is 15.9 Å². The fraction of sp³-hybridized carbons (Fsp3) is 0.423. The van der Waals surface area contributed by atoms with Gasteiger partial charge in [0.05, 0.1) is 11.7 Å². The number of fused-ring (bicyclic) bond motifs is 1. The number of amides is 1. The molecule has 0 aliphatic carbocycles. The Morgan fingerprint density at radius 2 is 1.79 bits per heavy atom. The molecule has 2 aliphatic rings. The van der Waals surface area contributed by atoms with Crippen LogP contribution >= 0.6 is 11.7 Å². The number of nitrogens with zero attached hydrogens (tertiary/aromatic N) is 7. The molecule has 2 fully saturated rings. The van der Waals surface area contributed by atoms with E-state index in [9.17, 15) is 13.2 Å². The topological polar surface area (TPSA) is 114 Å². The molecule has 0 N–H and O–H groups in total. The lowest BCUT2D eigenvalue weighted by Crippen LogP contribution is -2.47. The predicted molar refractivity (Wildman–Crippen MR) is 143 cm³/mol. The molecule has 12 heteroatoms. The Morgan fingerprint density at radius 3 is 2.61 bits per heavy atom. The van der Waals surface area contributed by atoms with Crippen molar-refractivity contribution in [2.24, 2.45) is 11.8 Å². The van der Waals surface area contributed by atoms with Gasteiger partial charge >= 0.3 is 0 Å². The SMILES string of the molecule is O=C(C1CCN(S(=O)(=O)c2cccc3nsnc23)CC1)N1CCCC(Cc2nncn2-c2ccccc2)C1. The largest absolute Gasteiger partial charge is 0.342 e. The summed E-state index contributed by atoms with van der Waals surface area (Å²) in [6.45, 7) is 2.09. The third-order valence-electron chi connectivity index (χ3n) is 7.62. The minimum absolute atomic E-state index is 0.141. The molecule has 1 amide bonds. The summed E-state index contributed by atoms with van der Waals surface area (Å²) >= 11 is 1.01. The Morgan fingerprint density at radius 1 is 0.974 bits per heavy atom. The fourth-order valence-electron chi connectivity index (χ4n) is 5.62. The van der Waals surface area contributed by atoms with Crippen molar-refractivity contribution in [1.29, 1.82) is 0 Å². The first-order valence-corrected chi connectivity index (χ1v) is 15.1. The number of sulfonamides is 1. The second kappa shape index (κ2) is 10.5. The molecule has 2 saturated heterocycles. The summed E-state index contributed by atoms with van der Waals surface area (Å²) in [5, 5.41) is 8.48. The van der Waals surface area contributed by atoms with Gasteiger partial charge in [0.1, 0.15) is 28.1 Å². The van der Waals surface area contributed by atoms with Gasteiger partial charge in [-0.1, -0.05) is 24.3 Å². The molecule has 6 rings (SSSR count). The monoisotopic (exact) mass is 551 g/mol. The molecule has 198 valence electrons. The number of carbonyl (C=O) groups excluding carboxylic acids is 1. The second-order valence-electron chi connectivity index (χ2n) is 10.0. The Hall–Kier alpha value is -3.22. The lowest BCUT2D eigenvalue weighted by molar-refractivity contribution is -0.138. The van der Waals surface area contributed by atoms with Crippen LogP contribution in [0.4, 0.5) is 0 Å². The van der Waals surface area contributed by atoms with E-state index in [2.05, 4.69) is 18.9 Å². The maximum Gasteiger partial charge on any atom is 0.245 e. The molecule has 4 heterocycles. The minimum Gasteiger partial charge on any atom is -0.342 e. The van der Waals surface area contributed by atoms with Crippen molar-refractivity contribution in [3.63, 3.8) is 0 Å². The van der Waals surface area contributed by atoms with Crippen molar-refractivity contribution in [2.75, 3.05) is 26.2 Å². The lowest BCUT2D eigenvalue weighted by Gasteiger charge is -2.37. The quantitative estimate of drug-likeness (QED) is 0.362. The Labute approximate surface area is 225 Å². The highest BCUT2D eigenvalue weighted by Crippen LogP contribution is 2.30. The number of piperidine rings is 2. The van der Waals surface area contributed by atoms with E-state index in [-0.39, 0.29) is 16.7 Å². The molecule has 10 nitrogen and oxygen atoms in total. The highest BCUT2D eigenvalue weighted by atomic mass is 32.2. The van der Waals surface area contributed by atoms with Gasteiger partial charge in [-0.25, -0.2) is 8.42 Å². The summed E-state index contributed by atoms with van der Waals surface area (Å²) in [7, 11) is -3.70. The predicted octanol–water partition coefficient (Wildman–Crippen LogP) is 3.15. The van der Waals surface area contributed by atoms with Crippen molar-refractivity contribution in [2.45, 2.75) is 37.0 Å². The summed E-state index contributed by atoms with van der Waals surface area (Å²) in [6.07, 6.45) is 5.53. The van der Waals surface area contributed by atoms with Gasteiger partial charge in [-0.05, 0) is 55.9 Å². The second-order valence-corrected chi connectivity index (χ2v) is 12.5. The number of hydrogen-bond acceptors (Lipinski definition) is 8. The molecular weight excluding hydrogens is 522 g/mol. The Kier molecular flexibility index (Phi) is 6.93. The summed E-state index contributed by atoms with van der Waals surface area (Å²) < 4.78 is 38.6. The van der Waals surface area contributed by atoms with E-state index in [1.807, 2.05) is 39.8 Å². The molecule has 0 radical (unpaired) electrons. The number of rotatable bonds is 6. The van der Waals surface area contributed by atoms with Gasteiger partial charge in [0.25, 0.3) is 0 Å². The molecule has 4 aromatic rings. The molecule has 0 saturated carbocycles. The third kappa shape index (κ3) is 4.83. The van der Waals surface area contributed by atoms with E-state index in [1.165, 1.54) is 4.31 Å². The van der Waals surface area contributed by atoms with Crippen LogP contribution in [-0.2, 0) is 21.2 Å². The van der Waals surface area contributed by atoms with Crippen LogP contribution in [0, 0.1) is 11.8 Å². The fourth-order valence-corrected chi connectivity index (χ4v) is 7.84.